The number of furan rings is 1. The molecule has 0 spiro atoms. The Balaban J connectivity index is 1.77. The zero-order valence-electron chi connectivity index (χ0n) is 14.2. The number of hydrogen-bond donors (Lipinski definition) is 2. The number of aliphatic imine (C=N–C) groups is 1. The number of guanidine groups is 1. The predicted molar refractivity (Wildman–Crippen MR) is 97.3 cm³/mol. The van der Waals surface area contributed by atoms with E-state index in [-0.39, 0.29) is 0 Å². The normalized spacial score (nSPS) is 20.3. The topological polar surface area (TPSA) is 58.8 Å². The molecule has 2 atom stereocenters. The van der Waals surface area contributed by atoms with Crippen molar-refractivity contribution in [2.45, 2.75) is 44.0 Å². The van der Waals surface area contributed by atoms with Gasteiger partial charge in [-0.05, 0) is 37.7 Å². The minimum absolute atomic E-state index is 0.304. The van der Waals surface area contributed by atoms with Crippen LogP contribution in [0.3, 0.4) is 0 Å². The van der Waals surface area contributed by atoms with Gasteiger partial charge in [0.25, 0.3) is 0 Å². The summed E-state index contributed by atoms with van der Waals surface area (Å²) in [7, 11) is 0. The summed E-state index contributed by atoms with van der Waals surface area (Å²) in [5, 5.41) is 7.33. The molecule has 0 aliphatic carbocycles. The molecule has 130 valence electrons. The average Bonchev–Trinajstić information content (AvgIpc) is 3.10. The average molecular weight is 340 g/mol. The van der Waals surface area contributed by atoms with Crippen molar-refractivity contribution in [1.29, 1.82) is 0 Å². The van der Waals surface area contributed by atoms with Gasteiger partial charge in [-0.15, -0.1) is 0 Å². The molecule has 0 bridgehead atoms. The molecule has 2 rings (SSSR count). The summed E-state index contributed by atoms with van der Waals surface area (Å²) in [4.78, 5) is 4.69. The molecular weight excluding hydrogens is 310 g/mol. The first-order valence-corrected chi connectivity index (χ1v) is 9.75. The summed E-state index contributed by atoms with van der Waals surface area (Å²) in [6, 6.07) is 3.92. The van der Waals surface area contributed by atoms with E-state index in [2.05, 4.69) is 28.8 Å². The zero-order chi connectivity index (χ0) is 16.3. The van der Waals surface area contributed by atoms with Gasteiger partial charge < -0.3 is 19.8 Å². The Bertz CT molecular complexity index is 445. The quantitative estimate of drug-likeness (QED) is 0.563. The van der Waals surface area contributed by atoms with Crippen LogP contribution in [0.1, 0.15) is 31.9 Å². The zero-order valence-corrected chi connectivity index (χ0v) is 15.0. The van der Waals surface area contributed by atoms with Crippen LogP contribution in [0.25, 0.3) is 0 Å². The molecule has 1 aliphatic heterocycles. The molecule has 1 aromatic rings. The molecule has 6 heteroatoms. The Morgan fingerprint density at radius 1 is 1.43 bits per heavy atom. The van der Waals surface area contributed by atoms with E-state index in [1.807, 2.05) is 23.9 Å². The van der Waals surface area contributed by atoms with Crippen molar-refractivity contribution in [3.63, 3.8) is 0 Å². The highest BCUT2D eigenvalue weighted by Crippen LogP contribution is 2.11. The largest absolute Gasteiger partial charge is 0.469 e. The van der Waals surface area contributed by atoms with Gasteiger partial charge in [-0.1, -0.05) is 6.92 Å². The van der Waals surface area contributed by atoms with Crippen LogP contribution in [0, 0.1) is 0 Å². The van der Waals surface area contributed by atoms with Gasteiger partial charge in [-0.3, -0.25) is 4.99 Å². The first-order valence-electron chi connectivity index (χ1n) is 8.47. The Morgan fingerprint density at radius 2 is 2.35 bits per heavy atom. The molecule has 1 saturated heterocycles. The third-order valence-corrected chi connectivity index (χ3v) is 4.88. The Labute approximate surface area is 143 Å². The summed E-state index contributed by atoms with van der Waals surface area (Å²) in [6.45, 7) is 5.51. The molecule has 2 N–H and O–H groups in total. The summed E-state index contributed by atoms with van der Waals surface area (Å²) < 4.78 is 11.1. The third kappa shape index (κ3) is 7.31. The van der Waals surface area contributed by atoms with Crippen LogP contribution in [-0.2, 0) is 11.2 Å². The van der Waals surface area contributed by atoms with Crippen molar-refractivity contribution in [1.82, 2.24) is 10.6 Å². The van der Waals surface area contributed by atoms with Gasteiger partial charge >= 0.3 is 0 Å². The monoisotopic (exact) mass is 339 g/mol. The minimum Gasteiger partial charge on any atom is -0.469 e. The maximum atomic E-state index is 5.77. The first kappa shape index (κ1) is 18.2. The van der Waals surface area contributed by atoms with Crippen molar-refractivity contribution in [3.05, 3.63) is 24.2 Å². The van der Waals surface area contributed by atoms with E-state index in [0.29, 0.717) is 11.4 Å². The molecule has 0 aromatic carbocycles. The SMILES string of the molecule is CSC(C)CN=C(NCCc1ccco1)NCC1CCCCO1. The van der Waals surface area contributed by atoms with Crippen molar-refractivity contribution >= 4 is 17.7 Å². The fourth-order valence-electron chi connectivity index (χ4n) is 2.41. The molecule has 1 fully saturated rings. The first-order chi connectivity index (χ1) is 11.3. The predicted octanol–water partition coefficient (Wildman–Crippen LogP) is 2.68. The second kappa shape index (κ2) is 10.6. The minimum atomic E-state index is 0.304. The molecule has 0 saturated carbocycles. The molecule has 0 amide bonds. The van der Waals surface area contributed by atoms with Crippen LogP contribution >= 0.6 is 11.8 Å². The lowest BCUT2D eigenvalue weighted by atomic mass is 10.1. The number of nitrogens with zero attached hydrogens (tertiary/aromatic N) is 1. The van der Waals surface area contributed by atoms with Gasteiger partial charge in [0.2, 0.25) is 0 Å². The van der Waals surface area contributed by atoms with Crippen molar-refractivity contribution < 1.29 is 9.15 Å². The number of hydrogen-bond acceptors (Lipinski definition) is 4. The van der Waals surface area contributed by atoms with Gasteiger partial charge in [0.15, 0.2) is 5.96 Å². The van der Waals surface area contributed by atoms with Crippen molar-refractivity contribution in [2.75, 3.05) is 32.5 Å². The van der Waals surface area contributed by atoms with Crippen LogP contribution in [-0.4, -0.2) is 49.8 Å². The molecule has 2 unspecified atom stereocenters. The van der Waals surface area contributed by atoms with Crippen molar-refractivity contribution in [2.24, 2.45) is 4.99 Å². The lowest BCUT2D eigenvalue weighted by molar-refractivity contribution is 0.0194. The van der Waals surface area contributed by atoms with E-state index >= 15 is 0 Å². The second-order valence-corrected chi connectivity index (χ2v) is 7.14. The maximum Gasteiger partial charge on any atom is 0.191 e. The molecule has 1 aliphatic rings. The van der Waals surface area contributed by atoms with E-state index in [0.717, 1.165) is 50.8 Å². The van der Waals surface area contributed by atoms with E-state index < -0.39 is 0 Å². The summed E-state index contributed by atoms with van der Waals surface area (Å²) in [6.07, 6.45) is 8.56. The fraction of sp³-hybridized carbons (Fsp3) is 0.706. The maximum absolute atomic E-state index is 5.77. The molecule has 5 nitrogen and oxygen atoms in total. The van der Waals surface area contributed by atoms with Crippen LogP contribution in [0.15, 0.2) is 27.8 Å². The van der Waals surface area contributed by atoms with Crippen molar-refractivity contribution in [3.8, 4) is 0 Å². The number of thioether (sulfide) groups is 1. The van der Waals surface area contributed by atoms with E-state index in [1.165, 1.54) is 12.8 Å². The summed E-state index contributed by atoms with van der Waals surface area (Å²) in [5.41, 5.74) is 0. The van der Waals surface area contributed by atoms with Crippen LogP contribution in [0.2, 0.25) is 0 Å². The van der Waals surface area contributed by atoms with Gasteiger partial charge in [-0.25, -0.2) is 0 Å². The fourth-order valence-corrected chi connectivity index (χ4v) is 2.63. The summed E-state index contributed by atoms with van der Waals surface area (Å²) in [5.74, 6) is 1.86. The number of nitrogens with one attached hydrogen (secondary N) is 2. The Morgan fingerprint density at radius 3 is 3.04 bits per heavy atom. The van der Waals surface area contributed by atoms with Gasteiger partial charge in [0.05, 0.1) is 18.9 Å². The van der Waals surface area contributed by atoms with Gasteiger partial charge in [0, 0.05) is 31.4 Å². The Kier molecular flexibility index (Phi) is 8.39. The standard InChI is InChI=1S/C17H29N3O2S/c1-14(23-2)12-19-17(18-9-8-15-7-5-11-21-15)20-13-16-6-3-4-10-22-16/h5,7,11,14,16H,3-4,6,8-10,12-13H2,1-2H3,(H2,18,19,20). The number of ether oxygens (including phenoxy) is 1. The van der Waals surface area contributed by atoms with Gasteiger partial charge in [-0.2, -0.15) is 11.8 Å². The summed E-state index contributed by atoms with van der Waals surface area (Å²) >= 11 is 1.83. The highest BCUT2D eigenvalue weighted by Gasteiger charge is 2.14. The molecule has 23 heavy (non-hydrogen) atoms. The molecular formula is C17H29N3O2S. The second-order valence-electron chi connectivity index (χ2n) is 5.86. The highest BCUT2D eigenvalue weighted by atomic mass is 32.2. The smallest absolute Gasteiger partial charge is 0.191 e. The third-order valence-electron chi connectivity index (χ3n) is 3.92. The lowest BCUT2D eigenvalue weighted by Gasteiger charge is -2.24. The van der Waals surface area contributed by atoms with Crippen LogP contribution in [0.5, 0.6) is 0 Å². The Hall–Kier alpha value is -1.14. The van der Waals surface area contributed by atoms with Crippen LogP contribution in [0.4, 0.5) is 0 Å². The van der Waals surface area contributed by atoms with E-state index in [4.69, 9.17) is 9.15 Å². The molecule has 2 heterocycles. The van der Waals surface area contributed by atoms with E-state index in [9.17, 15) is 0 Å². The molecule has 0 radical (unpaired) electrons. The van der Waals surface area contributed by atoms with Crippen LogP contribution < -0.4 is 10.6 Å². The van der Waals surface area contributed by atoms with E-state index in [1.54, 1.807) is 6.26 Å². The highest BCUT2D eigenvalue weighted by molar-refractivity contribution is 7.99. The van der Waals surface area contributed by atoms with Gasteiger partial charge in [0.1, 0.15) is 5.76 Å². The lowest BCUT2D eigenvalue weighted by Crippen LogP contribution is -2.43. The molecule has 1 aromatic heterocycles. The number of rotatable bonds is 8.